The molecule has 82 valence electrons. The largest absolute Gasteiger partial charge is 0.378 e. The lowest BCUT2D eigenvalue weighted by Gasteiger charge is -2.38. The quantitative estimate of drug-likeness (QED) is 0.593. The van der Waals surface area contributed by atoms with E-state index in [0.717, 1.165) is 0 Å². The van der Waals surface area contributed by atoms with E-state index in [4.69, 9.17) is 27.9 Å². The number of methoxy groups -OCH3 is 1. The van der Waals surface area contributed by atoms with E-state index in [-0.39, 0.29) is 22.4 Å². The van der Waals surface area contributed by atoms with Gasteiger partial charge in [0.1, 0.15) is 0 Å². The molecule has 1 aromatic rings. The van der Waals surface area contributed by atoms with Gasteiger partial charge in [0.2, 0.25) is 11.1 Å². The van der Waals surface area contributed by atoms with Gasteiger partial charge in [-0.1, -0.05) is 11.6 Å². The summed E-state index contributed by atoms with van der Waals surface area (Å²) in [5.41, 5.74) is 0. The lowest BCUT2D eigenvalue weighted by Crippen LogP contribution is -2.52. The van der Waals surface area contributed by atoms with E-state index < -0.39 is 5.82 Å². The Morgan fingerprint density at radius 1 is 1.40 bits per heavy atom. The van der Waals surface area contributed by atoms with Gasteiger partial charge in [0.15, 0.2) is 11.0 Å². The van der Waals surface area contributed by atoms with Crippen molar-refractivity contribution in [2.75, 3.05) is 25.1 Å². The van der Waals surface area contributed by atoms with Crippen LogP contribution in [0.4, 0.5) is 10.2 Å². The molecule has 1 aromatic heterocycles. The summed E-state index contributed by atoms with van der Waals surface area (Å²) in [6, 6.07) is 0. The molecule has 0 N–H and O–H groups in total. The van der Waals surface area contributed by atoms with E-state index in [0.29, 0.717) is 13.1 Å². The monoisotopic (exact) mass is 251 g/mol. The zero-order chi connectivity index (χ0) is 11.0. The Hall–Kier alpha value is -0.650. The summed E-state index contributed by atoms with van der Waals surface area (Å²) >= 11 is 11.1. The van der Waals surface area contributed by atoms with Gasteiger partial charge in [0, 0.05) is 20.2 Å². The number of halogens is 3. The number of rotatable bonds is 2. The molecule has 0 aliphatic carbocycles. The Balaban J connectivity index is 2.22. The summed E-state index contributed by atoms with van der Waals surface area (Å²) in [7, 11) is 1.61. The SMILES string of the molecule is COC1CN(c2nc(Cl)nc(Cl)c2F)C1. The minimum Gasteiger partial charge on any atom is -0.378 e. The number of aromatic nitrogens is 2. The van der Waals surface area contributed by atoms with Crippen LogP contribution < -0.4 is 4.90 Å². The van der Waals surface area contributed by atoms with Gasteiger partial charge in [-0.3, -0.25) is 0 Å². The molecule has 0 unspecified atom stereocenters. The third kappa shape index (κ3) is 2.00. The summed E-state index contributed by atoms with van der Waals surface area (Å²) in [6.07, 6.45) is 0.108. The van der Waals surface area contributed by atoms with Crippen molar-refractivity contribution in [3.05, 3.63) is 16.3 Å². The van der Waals surface area contributed by atoms with Gasteiger partial charge < -0.3 is 9.64 Å². The zero-order valence-electron chi connectivity index (χ0n) is 7.88. The Morgan fingerprint density at radius 3 is 2.67 bits per heavy atom. The van der Waals surface area contributed by atoms with Gasteiger partial charge in [-0.25, -0.2) is 4.98 Å². The average Bonchev–Trinajstić information content (AvgIpc) is 2.11. The van der Waals surface area contributed by atoms with Crippen molar-refractivity contribution in [1.29, 1.82) is 0 Å². The molecule has 2 rings (SSSR count). The fraction of sp³-hybridized carbons (Fsp3) is 0.500. The predicted molar refractivity (Wildman–Crippen MR) is 55.0 cm³/mol. The van der Waals surface area contributed by atoms with Gasteiger partial charge >= 0.3 is 0 Å². The normalized spacial score (nSPS) is 16.7. The van der Waals surface area contributed by atoms with Crippen LogP contribution in [0.15, 0.2) is 0 Å². The summed E-state index contributed by atoms with van der Waals surface area (Å²) in [6.45, 7) is 1.16. The highest BCUT2D eigenvalue weighted by atomic mass is 35.5. The molecule has 0 aromatic carbocycles. The average molecular weight is 252 g/mol. The first-order valence-corrected chi connectivity index (χ1v) is 5.03. The number of hydrogen-bond donors (Lipinski definition) is 0. The van der Waals surface area contributed by atoms with E-state index >= 15 is 0 Å². The molecular weight excluding hydrogens is 244 g/mol. The van der Waals surface area contributed by atoms with Gasteiger partial charge in [0.05, 0.1) is 6.10 Å². The topological polar surface area (TPSA) is 38.2 Å². The first-order valence-electron chi connectivity index (χ1n) is 4.28. The highest BCUT2D eigenvalue weighted by Crippen LogP contribution is 2.27. The molecule has 0 bridgehead atoms. The second-order valence-corrected chi connectivity index (χ2v) is 3.88. The van der Waals surface area contributed by atoms with Crippen LogP contribution in [0.25, 0.3) is 0 Å². The summed E-state index contributed by atoms with van der Waals surface area (Å²) in [5, 5.41) is -0.317. The fourth-order valence-corrected chi connectivity index (χ4v) is 1.73. The molecule has 0 radical (unpaired) electrons. The van der Waals surface area contributed by atoms with Crippen molar-refractivity contribution in [3.8, 4) is 0 Å². The highest BCUT2D eigenvalue weighted by Gasteiger charge is 2.30. The smallest absolute Gasteiger partial charge is 0.225 e. The molecule has 15 heavy (non-hydrogen) atoms. The lowest BCUT2D eigenvalue weighted by molar-refractivity contribution is 0.0778. The highest BCUT2D eigenvalue weighted by molar-refractivity contribution is 6.32. The Labute approximate surface area is 96.0 Å². The number of hydrogen-bond acceptors (Lipinski definition) is 4. The number of anilines is 1. The molecule has 1 aliphatic heterocycles. The van der Waals surface area contributed by atoms with Crippen molar-refractivity contribution in [3.63, 3.8) is 0 Å². The van der Waals surface area contributed by atoms with Crippen LogP contribution in [0.1, 0.15) is 0 Å². The molecule has 0 atom stereocenters. The first-order chi connectivity index (χ1) is 7.11. The minimum absolute atomic E-state index is 0.0581. The second-order valence-electron chi connectivity index (χ2n) is 3.18. The molecular formula is C8H8Cl2FN3O. The molecule has 4 nitrogen and oxygen atoms in total. The maximum atomic E-state index is 13.5. The standard InChI is InChI=1S/C8H8Cl2FN3O/c1-15-4-2-14(3-4)7-5(11)6(9)12-8(10)13-7/h4H,2-3H2,1H3. The maximum Gasteiger partial charge on any atom is 0.225 e. The Morgan fingerprint density at radius 2 is 2.07 bits per heavy atom. The van der Waals surface area contributed by atoms with Crippen LogP contribution in [-0.4, -0.2) is 36.3 Å². The Bertz CT molecular complexity index is 384. The van der Waals surface area contributed by atoms with Gasteiger partial charge in [-0.2, -0.15) is 9.37 Å². The van der Waals surface area contributed by atoms with Crippen molar-refractivity contribution in [2.45, 2.75) is 6.10 Å². The summed E-state index contributed by atoms with van der Waals surface area (Å²) < 4.78 is 18.6. The zero-order valence-corrected chi connectivity index (χ0v) is 9.39. The molecule has 0 saturated carbocycles. The van der Waals surface area contributed by atoms with Crippen molar-refractivity contribution >= 4 is 29.0 Å². The number of nitrogens with zero attached hydrogens (tertiary/aromatic N) is 3. The van der Waals surface area contributed by atoms with Crippen LogP contribution >= 0.6 is 23.2 Å². The Kier molecular flexibility index (Phi) is 2.95. The van der Waals surface area contributed by atoms with Crippen molar-refractivity contribution in [1.82, 2.24) is 9.97 Å². The molecule has 7 heteroatoms. The van der Waals surface area contributed by atoms with Crippen LogP contribution in [0.3, 0.4) is 0 Å². The molecule has 1 fully saturated rings. The van der Waals surface area contributed by atoms with E-state index in [1.165, 1.54) is 0 Å². The molecule has 1 saturated heterocycles. The molecule has 0 amide bonds. The molecule has 2 heterocycles. The second kappa shape index (κ2) is 4.08. The van der Waals surface area contributed by atoms with Gasteiger partial charge in [-0.05, 0) is 11.6 Å². The van der Waals surface area contributed by atoms with Gasteiger partial charge in [0.25, 0.3) is 0 Å². The molecule has 1 aliphatic rings. The van der Waals surface area contributed by atoms with E-state index in [1.807, 2.05) is 0 Å². The predicted octanol–water partition coefficient (Wildman–Crippen LogP) is 1.76. The van der Waals surface area contributed by atoms with Crippen LogP contribution in [0.2, 0.25) is 10.4 Å². The van der Waals surface area contributed by atoms with Gasteiger partial charge in [-0.15, -0.1) is 0 Å². The van der Waals surface area contributed by atoms with Crippen LogP contribution in [0.5, 0.6) is 0 Å². The first kappa shape index (κ1) is 10.9. The minimum atomic E-state index is -0.643. The van der Waals surface area contributed by atoms with E-state index in [9.17, 15) is 4.39 Å². The van der Waals surface area contributed by atoms with Crippen LogP contribution in [-0.2, 0) is 4.74 Å². The summed E-state index contributed by atoms with van der Waals surface area (Å²) in [5.74, 6) is -0.510. The third-order valence-corrected chi connectivity index (χ3v) is 2.67. The van der Waals surface area contributed by atoms with E-state index in [2.05, 4.69) is 9.97 Å². The number of ether oxygens (including phenoxy) is 1. The van der Waals surface area contributed by atoms with Crippen LogP contribution in [0, 0.1) is 5.82 Å². The van der Waals surface area contributed by atoms with Crippen molar-refractivity contribution in [2.24, 2.45) is 0 Å². The summed E-state index contributed by atoms with van der Waals surface area (Å²) in [4.78, 5) is 8.99. The lowest BCUT2D eigenvalue weighted by atomic mass is 10.1. The third-order valence-electron chi connectivity index (χ3n) is 2.25. The maximum absolute atomic E-state index is 13.5. The van der Waals surface area contributed by atoms with Crippen molar-refractivity contribution < 1.29 is 9.13 Å². The molecule has 0 spiro atoms. The van der Waals surface area contributed by atoms with E-state index in [1.54, 1.807) is 12.0 Å². The fourth-order valence-electron chi connectivity index (χ4n) is 1.35.